The van der Waals surface area contributed by atoms with Crippen LogP contribution in [0.3, 0.4) is 0 Å². The minimum absolute atomic E-state index is 0.112. The molecule has 2 aromatic rings. The molecule has 0 unspecified atom stereocenters. The molecule has 2 N–H and O–H groups in total. The fraction of sp³-hybridized carbons (Fsp3) is 0.353. The maximum absolute atomic E-state index is 13.3. The van der Waals surface area contributed by atoms with Crippen molar-refractivity contribution >= 4 is 46.5 Å². The van der Waals surface area contributed by atoms with Gasteiger partial charge >= 0.3 is 0 Å². The number of halogens is 2. The number of aromatic nitrogens is 2. The van der Waals surface area contributed by atoms with E-state index in [0.717, 1.165) is 0 Å². The number of carbonyl (C=O) groups is 2. The first-order valence-corrected chi connectivity index (χ1v) is 8.86. The van der Waals surface area contributed by atoms with Crippen LogP contribution in [-0.2, 0) is 15.0 Å². The van der Waals surface area contributed by atoms with E-state index in [9.17, 15) is 14.4 Å². The first-order chi connectivity index (χ1) is 12.2. The van der Waals surface area contributed by atoms with Crippen LogP contribution in [0.25, 0.3) is 0 Å². The summed E-state index contributed by atoms with van der Waals surface area (Å²) in [4.78, 5) is 40.1. The van der Waals surface area contributed by atoms with Gasteiger partial charge < -0.3 is 10.2 Å². The monoisotopic (exact) mass is 394 g/mol. The molecule has 136 valence electrons. The number of carbonyl (C=O) groups excluding carboxylic acids is 2. The molecule has 1 atom stereocenters. The maximum atomic E-state index is 13.3. The highest BCUT2D eigenvalue weighted by Gasteiger charge is 2.58. The topological polar surface area (TPSA) is 87.2 Å². The molecule has 3 heterocycles. The summed E-state index contributed by atoms with van der Waals surface area (Å²) in [5, 5.41) is 6.10. The summed E-state index contributed by atoms with van der Waals surface area (Å²) in [7, 11) is 1.58. The Morgan fingerprint density at radius 1 is 1.19 bits per heavy atom. The minimum Gasteiger partial charge on any atom is -0.313 e. The minimum atomic E-state index is -1.44. The molecule has 0 bridgehead atoms. The number of likely N-dealkylation sites (N-methyl/N-ethyl adjacent to an activating group) is 1. The third-order valence-electron chi connectivity index (χ3n) is 5.05. The predicted octanol–water partition coefficient (Wildman–Crippen LogP) is 2.67. The molecule has 0 fully saturated rings. The average Bonchev–Trinajstić information content (AvgIpc) is 2.97. The van der Waals surface area contributed by atoms with Crippen LogP contribution < -0.4 is 15.8 Å². The zero-order chi connectivity index (χ0) is 19.0. The van der Waals surface area contributed by atoms with Crippen molar-refractivity contribution in [2.75, 3.05) is 17.3 Å². The van der Waals surface area contributed by atoms with Gasteiger partial charge in [0.2, 0.25) is 11.8 Å². The highest BCUT2D eigenvalue weighted by Crippen LogP contribution is 2.53. The number of nitrogens with one attached hydrogen (secondary N) is 2. The van der Waals surface area contributed by atoms with Gasteiger partial charge in [0.1, 0.15) is 11.2 Å². The standard InChI is InChI=1S/C17H16Cl2N4O3/c1-7(2)23-14-12(15(25)21-23)17(6-11(24)20-14)9-4-8(18)5-10(19)13(9)22(3)16(17)26/h4-5,7H,6H2,1-3H3,(H,20,24)(H,21,25)/t17-/m0/s1. The summed E-state index contributed by atoms with van der Waals surface area (Å²) >= 11 is 12.5. The largest absolute Gasteiger partial charge is 0.313 e. The highest BCUT2D eigenvalue weighted by atomic mass is 35.5. The molecule has 1 aromatic heterocycles. The first-order valence-electron chi connectivity index (χ1n) is 8.11. The van der Waals surface area contributed by atoms with Gasteiger partial charge in [-0.3, -0.25) is 24.2 Å². The summed E-state index contributed by atoms with van der Waals surface area (Å²) in [5.41, 5.74) is -0.688. The van der Waals surface area contributed by atoms with Gasteiger partial charge in [0.25, 0.3) is 5.56 Å². The number of nitrogens with zero attached hydrogens (tertiary/aromatic N) is 2. The van der Waals surface area contributed by atoms with E-state index in [4.69, 9.17) is 23.2 Å². The third kappa shape index (κ3) is 1.98. The second kappa shape index (κ2) is 5.37. The molecule has 2 aliphatic rings. The van der Waals surface area contributed by atoms with Crippen LogP contribution in [0.4, 0.5) is 11.5 Å². The number of hydrogen-bond acceptors (Lipinski definition) is 3. The molecule has 7 nitrogen and oxygen atoms in total. The summed E-state index contributed by atoms with van der Waals surface area (Å²) in [6.07, 6.45) is -0.183. The molecular weight excluding hydrogens is 379 g/mol. The zero-order valence-electron chi connectivity index (χ0n) is 14.3. The lowest BCUT2D eigenvalue weighted by molar-refractivity contribution is -0.126. The SMILES string of the molecule is CC(C)n1[nH]c(=O)c2c1NC(=O)C[C@@]21C(=O)N(C)c2c(Cl)cc(Cl)cc21. The van der Waals surface area contributed by atoms with E-state index in [2.05, 4.69) is 10.4 Å². The highest BCUT2D eigenvalue weighted by molar-refractivity contribution is 6.38. The number of H-pyrrole nitrogens is 1. The van der Waals surface area contributed by atoms with Gasteiger partial charge in [-0.25, -0.2) is 0 Å². The fourth-order valence-electron chi connectivity index (χ4n) is 4.01. The molecule has 1 spiro atoms. The Bertz CT molecular complexity index is 1040. The van der Waals surface area contributed by atoms with Crippen molar-refractivity contribution in [3.8, 4) is 0 Å². The number of aromatic amines is 1. The lowest BCUT2D eigenvalue weighted by Gasteiger charge is -2.32. The van der Waals surface area contributed by atoms with E-state index < -0.39 is 11.0 Å². The quantitative estimate of drug-likeness (QED) is 0.779. The van der Waals surface area contributed by atoms with Gasteiger partial charge in [-0.15, -0.1) is 0 Å². The molecule has 0 aliphatic carbocycles. The van der Waals surface area contributed by atoms with Gasteiger partial charge in [0.15, 0.2) is 0 Å². The summed E-state index contributed by atoms with van der Waals surface area (Å²) in [5.74, 6) is -0.414. The van der Waals surface area contributed by atoms with Crippen LogP contribution >= 0.6 is 23.2 Å². The molecule has 0 saturated carbocycles. The second-order valence-electron chi connectivity index (χ2n) is 6.91. The Kier molecular flexibility index (Phi) is 3.55. The Balaban J connectivity index is 2.14. The number of fused-ring (bicyclic) bond motifs is 4. The molecular formula is C17H16Cl2N4O3. The summed E-state index contributed by atoms with van der Waals surface area (Å²) in [6, 6.07) is 3.04. The van der Waals surface area contributed by atoms with Crippen molar-refractivity contribution in [2.24, 2.45) is 0 Å². The van der Waals surface area contributed by atoms with Crippen molar-refractivity contribution in [1.29, 1.82) is 0 Å². The van der Waals surface area contributed by atoms with E-state index in [-0.39, 0.29) is 29.8 Å². The Hall–Kier alpha value is -2.25. The van der Waals surface area contributed by atoms with Gasteiger partial charge in [-0.2, -0.15) is 0 Å². The summed E-state index contributed by atoms with van der Waals surface area (Å²) in [6.45, 7) is 3.74. The van der Waals surface area contributed by atoms with Crippen molar-refractivity contribution in [1.82, 2.24) is 9.78 Å². The zero-order valence-corrected chi connectivity index (χ0v) is 15.8. The van der Waals surface area contributed by atoms with Gasteiger partial charge in [0, 0.05) is 18.1 Å². The Labute approximate surface area is 158 Å². The Morgan fingerprint density at radius 3 is 2.54 bits per heavy atom. The van der Waals surface area contributed by atoms with E-state index in [1.54, 1.807) is 17.8 Å². The lowest BCUT2D eigenvalue weighted by atomic mass is 9.71. The summed E-state index contributed by atoms with van der Waals surface area (Å²) < 4.78 is 1.56. The lowest BCUT2D eigenvalue weighted by Crippen LogP contribution is -2.47. The second-order valence-corrected chi connectivity index (χ2v) is 7.75. The van der Waals surface area contributed by atoms with Crippen molar-refractivity contribution in [3.05, 3.63) is 43.7 Å². The normalized spacial score (nSPS) is 21.4. The molecule has 0 radical (unpaired) electrons. The van der Waals surface area contributed by atoms with Crippen LogP contribution in [0, 0.1) is 0 Å². The van der Waals surface area contributed by atoms with E-state index >= 15 is 0 Å². The molecule has 2 aliphatic heterocycles. The number of rotatable bonds is 1. The number of anilines is 2. The van der Waals surface area contributed by atoms with Crippen molar-refractivity contribution in [3.63, 3.8) is 0 Å². The molecule has 2 amide bonds. The van der Waals surface area contributed by atoms with Crippen LogP contribution in [0.2, 0.25) is 10.0 Å². The molecule has 0 saturated heterocycles. The molecule has 9 heteroatoms. The average molecular weight is 395 g/mol. The Morgan fingerprint density at radius 2 is 1.88 bits per heavy atom. The fourth-order valence-corrected chi connectivity index (χ4v) is 4.63. The van der Waals surface area contributed by atoms with Gasteiger partial charge in [-0.1, -0.05) is 23.2 Å². The van der Waals surface area contributed by atoms with E-state index in [1.165, 1.54) is 11.0 Å². The number of amides is 2. The third-order valence-corrected chi connectivity index (χ3v) is 5.55. The molecule has 4 rings (SSSR count). The van der Waals surface area contributed by atoms with Crippen LogP contribution in [-0.4, -0.2) is 28.6 Å². The molecule has 1 aromatic carbocycles. The van der Waals surface area contributed by atoms with Crippen LogP contribution in [0.15, 0.2) is 16.9 Å². The predicted molar refractivity (Wildman–Crippen MR) is 99.3 cm³/mol. The van der Waals surface area contributed by atoms with Gasteiger partial charge in [0.05, 0.1) is 22.7 Å². The molecule has 26 heavy (non-hydrogen) atoms. The van der Waals surface area contributed by atoms with E-state index in [1.807, 2.05) is 13.8 Å². The smallest absolute Gasteiger partial charge is 0.270 e. The van der Waals surface area contributed by atoms with Crippen molar-refractivity contribution in [2.45, 2.75) is 31.7 Å². The van der Waals surface area contributed by atoms with E-state index in [0.29, 0.717) is 27.1 Å². The maximum Gasteiger partial charge on any atom is 0.270 e. The number of hydrogen-bond donors (Lipinski definition) is 2. The number of benzene rings is 1. The van der Waals surface area contributed by atoms with Crippen molar-refractivity contribution < 1.29 is 9.59 Å². The van der Waals surface area contributed by atoms with Crippen LogP contribution in [0.1, 0.15) is 37.4 Å². The van der Waals surface area contributed by atoms with Crippen LogP contribution in [0.5, 0.6) is 0 Å². The first kappa shape index (κ1) is 17.2. The van der Waals surface area contributed by atoms with Gasteiger partial charge in [-0.05, 0) is 31.5 Å².